The molecule has 1 aromatic carbocycles. The molecular formula is C15H21ClN2O. The Hall–Kier alpha value is -0.770. The lowest BCUT2D eigenvalue weighted by Crippen LogP contribution is -2.37. The van der Waals surface area contributed by atoms with Crippen LogP contribution in [0.4, 0.5) is 5.69 Å². The second-order valence-electron chi connectivity index (χ2n) is 5.54. The van der Waals surface area contributed by atoms with Crippen LogP contribution in [0.5, 0.6) is 0 Å². The maximum Gasteiger partial charge on any atom is 0.0702 e. The number of nitrogens with zero attached hydrogens (tertiary/aromatic N) is 2. The van der Waals surface area contributed by atoms with E-state index < -0.39 is 0 Å². The lowest BCUT2D eigenvalue weighted by molar-refractivity contribution is 0.272. The van der Waals surface area contributed by atoms with E-state index in [4.69, 9.17) is 11.6 Å². The average Bonchev–Trinajstić information content (AvgIpc) is 2.76. The number of rotatable bonds is 2. The van der Waals surface area contributed by atoms with Gasteiger partial charge in [0.1, 0.15) is 0 Å². The quantitative estimate of drug-likeness (QED) is 0.902. The molecule has 1 atom stereocenters. The summed E-state index contributed by atoms with van der Waals surface area (Å²) in [5.74, 6) is 0. The summed E-state index contributed by atoms with van der Waals surface area (Å²) >= 11 is 6.37. The molecule has 1 unspecified atom stereocenters. The van der Waals surface area contributed by atoms with Gasteiger partial charge in [0, 0.05) is 31.2 Å². The molecule has 2 aliphatic rings. The van der Waals surface area contributed by atoms with Crippen LogP contribution < -0.4 is 4.90 Å². The van der Waals surface area contributed by atoms with E-state index in [-0.39, 0.29) is 6.61 Å². The van der Waals surface area contributed by atoms with Gasteiger partial charge in [-0.3, -0.25) is 4.90 Å². The molecule has 0 amide bonds. The zero-order valence-corrected chi connectivity index (χ0v) is 11.9. The van der Waals surface area contributed by atoms with Crippen molar-refractivity contribution in [3.8, 4) is 0 Å². The SMILES string of the molecule is OCc1cccc(Cl)c1N1CCCN2CCCC2C1. The van der Waals surface area contributed by atoms with Crippen LogP contribution in [0.25, 0.3) is 0 Å². The molecule has 0 aromatic heterocycles. The molecule has 2 aliphatic heterocycles. The van der Waals surface area contributed by atoms with Gasteiger partial charge in [-0.25, -0.2) is 0 Å². The molecule has 4 heteroatoms. The van der Waals surface area contributed by atoms with Gasteiger partial charge in [0.05, 0.1) is 17.3 Å². The Morgan fingerprint density at radius 3 is 2.89 bits per heavy atom. The average molecular weight is 281 g/mol. The summed E-state index contributed by atoms with van der Waals surface area (Å²) in [6.45, 7) is 4.56. The lowest BCUT2D eigenvalue weighted by Gasteiger charge is -2.29. The van der Waals surface area contributed by atoms with Crippen LogP contribution in [0.15, 0.2) is 18.2 Å². The van der Waals surface area contributed by atoms with Crippen molar-refractivity contribution in [1.29, 1.82) is 0 Å². The van der Waals surface area contributed by atoms with E-state index in [1.165, 1.54) is 32.4 Å². The van der Waals surface area contributed by atoms with Crippen LogP contribution in [0.1, 0.15) is 24.8 Å². The van der Waals surface area contributed by atoms with E-state index in [9.17, 15) is 5.11 Å². The molecule has 2 fully saturated rings. The van der Waals surface area contributed by atoms with Crippen molar-refractivity contribution < 1.29 is 5.11 Å². The molecule has 0 saturated carbocycles. The fraction of sp³-hybridized carbons (Fsp3) is 0.600. The topological polar surface area (TPSA) is 26.7 Å². The van der Waals surface area contributed by atoms with Gasteiger partial charge in [-0.15, -0.1) is 0 Å². The molecule has 3 rings (SSSR count). The molecule has 3 nitrogen and oxygen atoms in total. The molecule has 1 aromatic rings. The predicted octanol–water partition coefficient (Wildman–Crippen LogP) is 2.51. The largest absolute Gasteiger partial charge is 0.392 e. The number of benzene rings is 1. The van der Waals surface area contributed by atoms with Crippen molar-refractivity contribution >= 4 is 17.3 Å². The first-order valence-corrected chi connectivity index (χ1v) is 7.54. The summed E-state index contributed by atoms with van der Waals surface area (Å²) in [4.78, 5) is 4.99. The lowest BCUT2D eigenvalue weighted by atomic mass is 10.1. The van der Waals surface area contributed by atoms with Crippen LogP contribution >= 0.6 is 11.6 Å². The smallest absolute Gasteiger partial charge is 0.0702 e. The number of halogens is 1. The summed E-state index contributed by atoms with van der Waals surface area (Å²) in [5.41, 5.74) is 1.99. The highest BCUT2D eigenvalue weighted by Crippen LogP contribution is 2.33. The molecule has 2 heterocycles. The van der Waals surface area contributed by atoms with Crippen molar-refractivity contribution in [3.63, 3.8) is 0 Å². The molecule has 0 spiro atoms. The monoisotopic (exact) mass is 280 g/mol. The van der Waals surface area contributed by atoms with Crippen molar-refractivity contribution in [2.75, 3.05) is 31.1 Å². The summed E-state index contributed by atoms with van der Waals surface area (Å²) in [5, 5.41) is 10.3. The summed E-state index contributed by atoms with van der Waals surface area (Å²) < 4.78 is 0. The molecular weight excluding hydrogens is 260 g/mol. The van der Waals surface area contributed by atoms with Crippen LogP contribution in [0.3, 0.4) is 0 Å². The Morgan fingerprint density at radius 1 is 1.21 bits per heavy atom. The van der Waals surface area contributed by atoms with Crippen LogP contribution in [-0.4, -0.2) is 42.2 Å². The predicted molar refractivity (Wildman–Crippen MR) is 78.8 cm³/mol. The van der Waals surface area contributed by atoms with Gasteiger partial charge in [0.15, 0.2) is 0 Å². The third kappa shape index (κ3) is 2.60. The summed E-state index contributed by atoms with van der Waals surface area (Å²) in [6, 6.07) is 6.47. The second-order valence-corrected chi connectivity index (χ2v) is 5.94. The van der Waals surface area contributed by atoms with Crippen molar-refractivity contribution in [2.24, 2.45) is 0 Å². The number of fused-ring (bicyclic) bond motifs is 1. The third-order valence-corrected chi connectivity index (χ3v) is 4.67. The number of hydrogen-bond donors (Lipinski definition) is 1. The molecule has 2 saturated heterocycles. The van der Waals surface area contributed by atoms with E-state index >= 15 is 0 Å². The maximum atomic E-state index is 9.54. The molecule has 104 valence electrons. The van der Waals surface area contributed by atoms with E-state index in [0.717, 1.165) is 29.4 Å². The third-order valence-electron chi connectivity index (χ3n) is 4.36. The molecule has 0 radical (unpaired) electrons. The van der Waals surface area contributed by atoms with Crippen molar-refractivity contribution in [1.82, 2.24) is 4.90 Å². The molecule has 0 aliphatic carbocycles. The Morgan fingerprint density at radius 2 is 2.05 bits per heavy atom. The Kier molecular flexibility index (Phi) is 3.96. The standard InChI is InChI=1S/C15H21ClN2O/c16-14-6-1-4-12(11-19)15(14)18-9-3-8-17-7-2-5-13(17)10-18/h1,4,6,13,19H,2-3,5,7-11H2. The minimum Gasteiger partial charge on any atom is -0.392 e. The van der Waals surface area contributed by atoms with E-state index in [0.29, 0.717) is 6.04 Å². The van der Waals surface area contributed by atoms with Gasteiger partial charge in [-0.2, -0.15) is 0 Å². The minimum atomic E-state index is 0.0563. The maximum absolute atomic E-state index is 9.54. The highest BCUT2D eigenvalue weighted by molar-refractivity contribution is 6.33. The highest BCUT2D eigenvalue weighted by atomic mass is 35.5. The van der Waals surface area contributed by atoms with Crippen LogP contribution in [-0.2, 0) is 6.61 Å². The zero-order valence-electron chi connectivity index (χ0n) is 11.2. The van der Waals surface area contributed by atoms with Gasteiger partial charge >= 0.3 is 0 Å². The van der Waals surface area contributed by atoms with Crippen molar-refractivity contribution in [3.05, 3.63) is 28.8 Å². The first kappa shape index (κ1) is 13.2. The van der Waals surface area contributed by atoms with Crippen LogP contribution in [0, 0.1) is 0 Å². The van der Waals surface area contributed by atoms with Gasteiger partial charge < -0.3 is 10.0 Å². The number of aliphatic hydroxyl groups excluding tert-OH is 1. The zero-order chi connectivity index (χ0) is 13.2. The number of para-hydroxylation sites is 1. The van der Waals surface area contributed by atoms with Gasteiger partial charge in [0.25, 0.3) is 0 Å². The van der Waals surface area contributed by atoms with E-state index in [1.54, 1.807) is 0 Å². The first-order chi connectivity index (χ1) is 9.29. The number of aliphatic hydroxyl groups is 1. The van der Waals surface area contributed by atoms with Gasteiger partial charge in [-0.05, 0) is 31.9 Å². The number of anilines is 1. The Bertz CT molecular complexity index is 452. The summed E-state index contributed by atoms with van der Waals surface area (Å²) in [6.07, 6.45) is 3.77. The van der Waals surface area contributed by atoms with E-state index in [2.05, 4.69) is 9.80 Å². The fourth-order valence-corrected chi connectivity index (χ4v) is 3.77. The van der Waals surface area contributed by atoms with Gasteiger partial charge in [-0.1, -0.05) is 23.7 Å². The second kappa shape index (κ2) is 5.70. The normalized spacial score (nSPS) is 24.3. The molecule has 1 N–H and O–H groups in total. The minimum absolute atomic E-state index is 0.0563. The van der Waals surface area contributed by atoms with Crippen LogP contribution in [0.2, 0.25) is 5.02 Å². The van der Waals surface area contributed by atoms with Gasteiger partial charge in [0.2, 0.25) is 0 Å². The first-order valence-electron chi connectivity index (χ1n) is 7.17. The molecule has 0 bridgehead atoms. The summed E-state index contributed by atoms with van der Waals surface area (Å²) in [7, 11) is 0. The Labute approximate surface area is 119 Å². The fourth-order valence-electron chi connectivity index (χ4n) is 3.45. The van der Waals surface area contributed by atoms with E-state index in [1.807, 2.05) is 18.2 Å². The Balaban J connectivity index is 1.88. The number of hydrogen-bond acceptors (Lipinski definition) is 3. The highest BCUT2D eigenvalue weighted by Gasteiger charge is 2.29. The van der Waals surface area contributed by atoms with Crippen molar-refractivity contribution in [2.45, 2.75) is 31.9 Å². The molecule has 19 heavy (non-hydrogen) atoms.